The molecule has 0 fully saturated rings. The Hall–Kier alpha value is -2.02. The molecule has 0 aliphatic rings. The third kappa shape index (κ3) is 3.74. The summed E-state index contributed by atoms with van der Waals surface area (Å²) >= 11 is 5.94. The topological polar surface area (TPSA) is 79.7 Å². The average molecular weight is 294 g/mol. The first-order valence-corrected chi connectivity index (χ1v) is 6.76. The highest BCUT2D eigenvalue weighted by Crippen LogP contribution is 2.13. The summed E-state index contributed by atoms with van der Waals surface area (Å²) in [5.74, 6) is 1.01. The zero-order valence-corrected chi connectivity index (χ0v) is 12.2. The Labute approximate surface area is 122 Å². The first-order chi connectivity index (χ1) is 9.72. The highest BCUT2D eigenvalue weighted by Gasteiger charge is 2.10. The number of anilines is 2. The first kappa shape index (κ1) is 14.4. The minimum absolute atomic E-state index is 0.173. The molecule has 0 radical (unpaired) electrons. The maximum absolute atomic E-state index is 5.94. The van der Waals surface area contributed by atoms with Gasteiger partial charge in [0, 0.05) is 19.3 Å². The molecule has 1 N–H and O–H groups in total. The largest absolute Gasteiger partial charge is 0.348 e. The van der Waals surface area contributed by atoms with Crippen molar-refractivity contribution < 1.29 is 0 Å². The van der Waals surface area contributed by atoms with E-state index in [1.807, 2.05) is 24.8 Å². The molecule has 0 unspecified atom stereocenters. The summed E-state index contributed by atoms with van der Waals surface area (Å²) in [6.45, 7) is 6.19. The second-order valence-electron chi connectivity index (χ2n) is 3.95. The minimum Gasteiger partial charge on any atom is -0.348 e. The van der Waals surface area contributed by atoms with Gasteiger partial charge < -0.3 is 10.2 Å². The molecule has 0 saturated carbocycles. The van der Waals surface area contributed by atoms with Gasteiger partial charge in [-0.1, -0.05) is 0 Å². The first-order valence-electron chi connectivity index (χ1n) is 6.38. The van der Waals surface area contributed by atoms with Gasteiger partial charge in [-0.3, -0.25) is 0 Å². The lowest BCUT2D eigenvalue weighted by Crippen LogP contribution is -2.25. The molecule has 0 spiro atoms. The standard InChI is InChI=1S/C12H16ClN7/c1-3-20(4-2)12-18-10(13)17-11(19-12)15-7-9-5-6-14-8-16-9/h5-6,8H,3-4,7H2,1-2H3,(H,15,17,18,19). The number of rotatable bonds is 6. The number of nitrogens with zero attached hydrogens (tertiary/aromatic N) is 6. The van der Waals surface area contributed by atoms with Gasteiger partial charge in [0.2, 0.25) is 17.2 Å². The molecule has 106 valence electrons. The third-order valence-corrected chi connectivity index (χ3v) is 2.88. The molecule has 0 amide bonds. The molecular weight excluding hydrogens is 278 g/mol. The lowest BCUT2D eigenvalue weighted by Gasteiger charge is -2.18. The van der Waals surface area contributed by atoms with E-state index in [2.05, 4.69) is 30.2 Å². The van der Waals surface area contributed by atoms with Crippen LogP contribution in [0.2, 0.25) is 5.28 Å². The molecule has 0 aromatic carbocycles. The molecule has 0 saturated heterocycles. The van der Waals surface area contributed by atoms with Crippen LogP contribution < -0.4 is 10.2 Å². The SMILES string of the molecule is CCN(CC)c1nc(Cl)nc(NCc2ccncn2)n1. The summed E-state index contributed by atoms with van der Waals surface area (Å²) in [5, 5.41) is 3.25. The molecule has 0 aliphatic heterocycles. The number of aromatic nitrogens is 5. The minimum atomic E-state index is 0.173. The quantitative estimate of drug-likeness (QED) is 0.869. The van der Waals surface area contributed by atoms with Crippen molar-refractivity contribution in [1.29, 1.82) is 0 Å². The monoisotopic (exact) mass is 293 g/mol. The van der Waals surface area contributed by atoms with E-state index in [4.69, 9.17) is 11.6 Å². The Morgan fingerprint density at radius 3 is 2.65 bits per heavy atom. The molecule has 20 heavy (non-hydrogen) atoms. The molecule has 0 atom stereocenters. The zero-order chi connectivity index (χ0) is 14.4. The summed E-state index contributed by atoms with van der Waals surface area (Å²) in [7, 11) is 0. The van der Waals surface area contributed by atoms with Crippen molar-refractivity contribution in [3.8, 4) is 0 Å². The summed E-state index contributed by atoms with van der Waals surface area (Å²) in [6.07, 6.45) is 3.18. The molecular formula is C12H16ClN7. The molecule has 2 aromatic heterocycles. The van der Waals surface area contributed by atoms with Crippen LogP contribution in [0, 0.1) is 0 Å². The van der Waals surface area contributed by atoms with Gasteiger partial charge in [0.25, 0.3) is 0 Å². The summed E-state index contributed by atoms with van der Waals surface area (Å²) in [4.78, 5) is 22.5. The Balaban J connectivity index is 2.12. The number of nitrogens with one attached hydrogen (secondary N) is 1. The smallest absolute Gasteiger partial charge is 0.231 e. The lowest BCUT2D eigenvalue weighted by atomic mass is 10.4. The van der Waals surface area contributed by atoms with Gasteiger partial charge in [-0.15, -0.1) is 0 Å². The Kier molecular flexibility index (Phi) is 5.00. The van der Waals surface area contributed by atoms with Gasteiger partial charge in [0.1, 0.15) is 6.33 Å². The lowest BCUT2D eigenvalue weighted by molar-refractivity contribution is 0.810. The predicted molar refractivity (Wildman–Crippen MR) is 77.8 cm³/mol. The van der Waals surface area contributed by atoms with Crippen LogP contribution >= 0.6 is 11.6 Å². The van der Waals surface area contributed by atoms with Gasteiger partial charge in [-0.25, -0.2) is 9.97 Å². The van der Waals surface area contributed by atoms with Crippen LogP contribution in [-0.4, -0.2) is 38.0 Å². The van der Waals surface area contributed by atoms with E-state index in [0.29, 0.717) is 18.4 Å². The number of halogens is 1. The van der Waals surface area contributed by atoms with E-state index in [1.54, 1.807) is 6.20 Å². The molecule has 0 bridgehead atoms. The second-order valence-corrected chi connectivity index (χ2v) is 4.29. The Morgan fingerprint density at radius 1 is 1.20 bits per heavy atom. The van der Waals surface area contributed by atoms with Crippen LogP contribution in [0.25, 0.3) is 0 Å². The van der Waals surface area contributed by atoms with Crippen molar-refractivity contribution in [2.24, 2.45) is 0 Å². The average Bonchev–Trinajstić information content (AvgIpc) is 2.47. The molecule has 0 aliphatic carbocycles. The molecule has 8 heteroatoms. The summed E-state index contributed by atoms with van der Waals surface area (Å²) in [6, 6.07) is 1.82. The van der Waals surface area contributed by atoms with Crippen LogP contribution in [0.15, 0.2) is 18.6 Å². The normalized spacial score (nSPS) is 10.3. The van der Waals surface area contributed by atoms with Crippen molar-refractivity contribution in [3.05, 3.63) is 29.6 Å². The Morgan fingerprint density at radius 2 is 2.00 bits per heavy atom. The molecule has 7 nitrogen and oxygen atoms in total. The second kappa shape index (κ2) is 6.95. The summed E-state index contributed by atoms with van der Waals surface area (Å²) in [5.41, 5.74) is 0.848. The molecule has 2 heterocycles. The fourth-order valence-electron chi connectivity index (χ4n) is 1.66. The van der Waals surface area contributed by atoms with E-state index in [9.17, 15) is 0 Å². The fraction of sp³-hybridized carbons (Fsp3) is 0.417. The van der Waals surface area contributed by atoms with E-state index in [-0.39, 0.29) is 5.28 Å². The van der Waals surface area contributed by atoms with Crippen molar-refractivity contribution in [2.75, 3.05) is 23.3 Å². The van der Waals surface area contributed by atoms with E-state index >= 15 is 0 Å². The predicted octanol–water partition coefficient (Wildman–Crippen LogP) is 1.77. The van der Waals surface area contributed by atoms with Crippen molar-refractivity contribution in [3.63, 3.8) is 0 Å². The van der Waals surface area contributed by atoms with Crippen molar-refractivity contribution in [2.45, 2.75) is 20.4 Å². The maximum Gasteiger partial charge on any atom is 0.231 e. The van der Waals surface area contributed by atoms with Gasteiger partial charge >= 0.3 is 0 Å². The zero-order valence-electron chi connectivity index (χ0n) is 11.4. The summed E-state index contributed by atoms with van der Waals surface area (Å²) < 4.78 is 0. The van der Waals surface area contributed by atoms with Crippen LogP contribution in [-0.2, 0) is 6.54 Å². The maximum atomic E-state index is 5.94. The highest BCUT2D eigenvalue weighted by molar-refractivity contribution is 6.28. The van der Waals surface area contributed by atoms with Crippen LogP contribution in [0.5, 0.6) is 0 Å². The number of hydrogen-bond acceptors (Lipinski definition) is 7. The van der Waals surface area contributed by atoms with Crippen LogP contribution in [0.3, 0.4) is 0 Å². The van der Waals surface area contributed by atoms with Gasteiger partial charge in [0.05, 0.1) is 12.2 Å². The van der Waals surface area contributed by atoms with E-state index in [1.165, 1.54) is 6.33 Å². The van der Waals surface area contributed by atoms with Gasteiger partial charge in [0.15, 0.2) is 0 Å². The molecule has 2 aromatic rings. The van der Waals surface area contributed by atoms with Crippen molar-refractivity contribution in [1.82, 2.24) is 24.9 Å². The Bertz CT molecular complexity index is 545. The van der Waals surface area contributed by atoms with Gasteiger partial charge in [-0.2, -0.15) is 15.0 Å². The highest BCUT2D eigenvalue weighted by atomic mass is 35.5. The third-order valence-electron chi connectivity index (χ3n) is 2.71. The molecule has 2 rings (SSSR count). The van der Waals surface area contributed by atoms with Crippen LogP contribution in [0.4, 0.5) is 11.9 Å². The van der Waals surface area contributed by atoms with Crippen LogP contribution in [0.1, 0.15) is 19.5 Å². The van der Waals surface area contributed by atoms with Crippen molar-refractivity contribution >= 4 is 23.5 Å². The van der Waals surface area contributed by atoms with Gasteiger partial charge in [-0.05, 0) is 31.5 Å². The van der Waals surface area contributed by atoms with E-state index < -0.39 is 0 Å². The fourth-order valence-corrected chi connectivity index (χ4v) is 1.81. The van der Waals surface area contributed by atoms with E-state index in [0.717, 1.165) is 18.8 Å². The number of hydrogen-bond donors (Lipinski definition) is 1.